The number of fused-ring (bicyclic) bond motifs is 1. The number of rotatable bonds is 1. The van der Waals surface area contributed by atoms with Gasteiger partial charge in [0.1, 0.15) is 24.4 Å². The first-order chi connectivity index (χ1) is 6.59. The van der Waals surface area contributed by atoms with Crippen molar-refractivity contribution in [3.8, 4) is 0 Å². The summed E-state index contributed by atoms with van der Waals surface area (Å²) in [5, 5.41) is 21.4. The average Bonchev–Trinajstić information content (AvgIpc) is 2.57. The number of nitrogens with one attached hydrogen (secondary N) is 1. The Labute approximate surface area is 80.8 Å². The van der Waals surface area contributed by atoms with E-state index >= 15 is 0 Å². The summed E-state index contributed by atoms with van der Waals surface area (Å²) >= 11 is 0. The third-order valence-electron chi connectivity index (χ3n) is 2.49. The molecular weight excluding hydrogens is 190 g/mol. The van der Waals surface area contributed by atoms with E-state index in [0.29, 0.717) is 0 Å². The number of hydrogen-bond acceptors (Lipinski definition) is 5. The predicted octanol–water partition coefficient (Wildman–Crippen LogP) is -2.03. The van der Waals surface area contributed by atoms with Crippen molar-refractivity contribution in [1.29, 1.82) is 0 Å². The lowest BCUT2D eigenvalue weighted by atomic mass is 10.1. The fourth-order valence-electron chi connectivity index (χ4n) is 1.89. The van der Waals surface area contributed by atoms with Crippen molar-refractivity contribution < 1.29 is 24.5 Å². The first-order valence-electron chi connectivity index (χ1n) is 4.50. The summed E-state index contributed by atoms with van der Waals surface area (Å²) in [7, 11) is 0. The van der Waals surface area contributed by atoms with Gasteiger partial charge in [0.2, 0.25) is 5.91 Å². The summed E-state index contributed by atoms with van der Waals surface area (Å²) in [6.45, 7) is 1.53. The van der Waals surface area contributed by atoms with Gasteiger partial charge < -0.3 is 25.0 Å². The lowest BCUT2D eigenvalue weighted by molar-refractivity contribution is -0.133. The van der Waals surface area contributed by atoms with E-state index in [2.05, 4.69) is 5.32 Å². The standard InChI is InChI=1S/C8H13NO5/c1-3(10)9-5-7-6(14-8(5)12)4(11)2-13-7/h4-8,11-12H,2H2,1H3,(H,9,10)/t4-,5-,6+,7+,8?/m1/s1. The molecule has 1 unspecified atom stereocenters. The molecular formula is C8H13NO5. The van der Waals surface area contributed by atoms with Gasteiger partial charge in [-0.25, -0.2) is 0 Å². The molecule has 0 saturated carbocycles. The molecule has 0 aromatic rings. The predicted molar refractivity (Wildman–Crippen MR) is 44.2 cm³/mol. The van der Waals surface area contributed by atoms with E-state index in [1.54, 1.807) is 0 Å². The molecule has 0 spiro atoms. The van der Waals surface area contributed by atoms with Crippen LogP contribution in [-0.4, -0.2) is 53.4 Å². The molecule has 5 atom stereocenters. The minimum absolute atomic E-state index is 0.179. The second-order valence-electron chi connectivity index (χ2n) is 3.58. The number of aliphatic hydroxyl groups excluding tert-OH is 2. The van der Waals surface area contributed by atoms with Crippen LogP contribution in [0.5, 0.6) is 0 Å². The van der Waals surface area contributed by atoms with Crippen molar-refractivity contribution in [3.05, 3.63) is 0 Å². The van der Waals surface area contributed by atoms with Gasteiger partial charge in [0.15, 0.2) is 6.29 Å². The van der Waals surface area contributed by atoms with E-state index in [0.717, 1.165) is 0 Å². The maximum absolute atomic E-state index is 10.8. The number of amides is 1. The molecule has 0 radical (unpaired) electrons. The van der Waals surface area contributed by atoms with Crippen LogP contribution in [0.2, 0.25) is 0 Å². The van der Waals surface area contributed by atoms with E-state index in [4.69, 9.17) is 9.47 Å². The number of hydrogen-bond donors (Lipinski definition) is 3. The molecule has 6 heteroatoms. The molecule has 80 valence electrons. The Morgan fingerprint density at radius 3 is 2.79 bits per heavy atom. The molecule has 14 heavy (non-hydrogen) atoms. The van der Waals surface area contributed by atoms with Crippen LogP contribution >= 0.6 is 0 Å². The largest absolute Gasteiger partial charge is 0.388 e. The number of carbonyl (C=O) groups is 1. The Balaban J connectivity index is 2.07. The van der Waals surface area contributed by atoms with E-state index in [1.165, 1.54) is 6.92 Å². The third kappa shape index (κ3) is 1.50. The summed E-state index contributed by atoms with van der Waals surface area (Å²) in [4.78, 5) is 10.8. The molecule has 0 aromatic carbocycles. The molecule has 2 fully saturated rings. The Hall–Kier alpha value is -0.690. The molecule has 2 rings (SSSR count). The van der Waals surface area contributed by atoms with Crippen molar-refractivity contribution in [3.63, 3.8) is 0 Å². The lowest BCUT2D eigenvalue weighted by Crippen LogP contribution is -2.46. The molecule has 0 bridgehead atoms. The highest BCUT2D eigenvalue weighted by atomic mass is 16.7. The fraction of sp³-hybridized carbons (Fsp3) is 0.875. The third-order valence-corrected chi connectivity index (χ3v) is 2.49. The second-order valence-corrected chi connectivity index (χ2v) is 3.58. The Morgan fingerprint density at radius 1 is 1.43 bits per heavy atom. The first-order valence-corrected chi connectivity index (χ1v) is 4.50. The van der Waals surface area contributed by atoms with Crippen LogP contribution in [-0.2, 0) is 14.3 Å². The molecule has 2 heterocycles. The van der Waals surface area contributed by atoms with Gasteiger partial charge in [-0.2, -0.15) is 0 Å². The minimum Gasteiger partial charge on any atom is -0.388 e. The van der Waals surface area contributed by atoms with Crippen LogP contribution in [0.1, 0.15) is 6.92 Å². The van der Waals surface area contributed by atoms with Crippen molar-refractivity contribution >= 4 is 5.91 Å². The molecule has 3 N–H and O–H groups in total. The minimum atomic E-state index is -1.11. The Kier molecular flexibility index (Phi) is 2.44. The highest BCUT2D eigenvalue weighted by Crippen LogP contribution is 2.30. The van der Waals surface area contributed by atoms with Gasteiger partial charge in [0.25, 0.3) is 0 Å². The van der Waals surface area contributed by atoms with Crippen molar-refractivity contribution in [1.82, 2.24) is 5.32 Å². The van der Waals surface area contributed by atoms with Gasteiger partial charge in [-0.3, -0.25) is 4.79 Å². The maximum Gasteiger partial charge on any atom is 0.217 e. The first kappa shape index (κ1) is 9.85. The normalized spacial score (nSPS) is 46.4. The van der Waals surface area contributed by atoms with Crippen molar-refractivity contribution in [2.24, 2.45) is 0 Å². The Morgan fingerprint density at radius 2 is 2.14 bits per heavy atom. The average molecular weight is 203 g/mol. The van der Waals surface area contributed by atoms with Crippen LogP contribution in [0.4, 0.5) is 0 Å². The fourth-order valence-corrected chi connectivity index (χ4v) is 1.89. The number of aliphatic hydroxyl groups is 2. The van der Waals surface area contributed by atoms with Gasteiger partial charge in [0, 0.05) is 6.92 Å². The van der Waals surface area contributed by atoms with Gasteiger partial charge >= 0.3 is 0 Å². The molecule has 6 nitrogen and oxygen atoms in total. The van der Waals surface area contributed by atoms with Crippen LogP contribution < -0.4 is 5.32 Å². The summed E-state index contributed by atoms with van der Waals surface area (Å²) in [5.74, 6) is -0.261. The monoisotopic (exact) mass is 203 g/mol. The van der Waals surface area contributed by atoms with Gasteiger partial charge in [-0.1, -0.05) is 0 Å². The topological polar surface area (TPSA) is 88.0 Å². The molecule has 2 aliphatic rings. The van der Waals surface area contributed by atoms with Gasteiger partial charge in [-0.15, -0.1) is 0 Å². The SMILES string of the molecule is CC(=O)N[C@H]1C(O)O[C@@H]2[C@H]1OC[C@H]2O. The number of carbonyl (C=O) groups excluding carboxylic acids is 1. The van der Waals surface area contributed by atoms with Crippen LogP contribution in [0.3, 0.4) is 0 Å². The summed E-state index contributed by atoms with van der Waals surface area (Å²) in [6.07, 6.45) is -2.83. The highest BCUT2D eigenvalue weighted by Gasteiger charge is 2.52. The van der Waals surface area contributed by atoms with E-state index in [1.807, 2.05) is 0 Å². The molecule has 2 aliphatic heterocycles. The van der Waals surface area contributed by atoms with Crippen LogP contribution in [0, 0.1) is 0 Å². The summed E-state index contributed by atoms with van der Waals surface area (Å²) < 4.78 is 10.3. The van der Waals surface area contributed by atoms with Gasteiger partial charge in [0.05, 0.1) is 6.61 Å². The van der Waals surface area contributed by atoms with Gasteiger partial charge in [-0.05, 0) is 0 Å². The van der Waals surface area contributed by atoms with Crippen LogP contribution in [0.25, 0.3) is 0 Å². The van der Waals surface area contributed by atoms with Crippen molar-refractivity contribution in [2.75, 3.05) is 6.61 Å². The smallest absolute Gasteiger partial charge is 0.217 e. The zero-order chi connectivity index (χ0) is 10.3. The van der Waals surface area contributed by atoms with Crippen molar-refractivity contribution in [2.45, 2.75) is 37.6 Å². The zero-order valence-electron chi connectivity index (χ0n) is 7.71. The Bertz CT molecular complexity index is 246. The zero-order valence-corrected chi connectivity index (χ0v) is 7.71. The molecule has 0 aliphatic carbocycles. The van der Waals surface area contributed by atoms with E-state index < -0.39 is 30.6 Å². The molecule has 2 saturated heterocycles. The summed E-state index contributed by atoms with van der Waals surface area (Å²) in [5.41, 5.74) is 0. The maximum atomic E-state index is 10.8. The number of ether oxygens (including phenoxy) is 2. The second kappa shape index (κ2) is 3.47. The highest BCUT2D eigenvalue weighted by molar-refractivity contribution is 5.73. The lowest BCUT2D eigenvalue weighted by Gasteiger charge is -2.18. The van der Waals surface area contributed by atoms with Crippen LogP contribution in [0.15, 0.2) is 0 Å². The molecule has 0 aromatic heterocycles. The molecule has 1 amide bonds. The summed E-state index contributed by atoms with van der Waals surface area (Å²) in [6, 6.07) is -0.588. The quantitative estimate of drug-likeness (QED) is 0.457. The van der Waals surface area contributed by atoms with E-state index in [9.17, 15) is 15.0 Å². The van der Waals surface area contributed by atoms with E-state index in [-0.39, 0.29) is 12.5 Å².